The third kappa shape index (κ3) is 2.26. The highest BCUT2D eigenvalue weighted by molar-refractivity contribution is 8.00. The lowest BCUT2D eigenvalue weighted by Gasteiger charge is -2.21. The van der Waals surface area contributed by atoms with E-state index in [0.717, 1.165) is 19.4 Å². The molecule has 3 rings (SSSR count). The fraction of sp³-hybridized carbons (Fsp3) is 0.750. The number of hydrogen-bond donors (Lipinski definition) is 3. The molecule has 3 amide bonds. The van der Waals surface area contributed by atoms with E-state index < -0.39 is 18.0 Å². The number of carbonyl (C=O) groups is 3. The van der Waals surface area contributed by atoms with Crippen LogP contribution in [0, 0.1) is 0 Å². The molecule has 3 aliphatic heterocycles. The summed E-state index contributed by atoms with van der Waals surface area (Å²) in [5.74, 6) is -0.230. The Balaban J connectivity index is 1.64. The third-order valence-electron chi connectivity index (χ3n) is 4.10. The van der Waals surface area contributed by atoms with Crippen molar-refractivity contribution in [2.24, 2.45) is 5.73 Å². The summed E-state index contributed by atoms with van der Waals surface area (Å²) in [7, 11) is 0. The van der Waals surface area contributed by atoms with Crippen molar-refractivity contribution in [2.75, 3.05) is 12.3 Å². The lowest BCUT2D eigenvalue weighted by atomic mass is 10.2. The molecule has 0 bridgehead atoms. The van der Waals surface area contributed by atoms with Crippen LogP contribution in [0.25, 0.3) is 0 Å². The molecule has 8 heteroatoms. The Morgan fingerprint density at radius 3 is 2.90 bits per heavy atom. The molecule has 4 N–H and O–H groups in total. The Kier molecular flexibility index (Phi) is 3.59. The summed E-state index contributed by atoms with van der Waals surface area (Å²) in [5.41, 5.74) is 5.32. The number of hydrogen-bond acceptors (Lipinski definition) is 5. The van der Waals surface area contributed by atoms with Gasteiger partial charge in [-0.05, 0) is 19.4 Å². The Morgan fingerprint density at radius 2 is 2.25 bits per heavy atom. The van der Waals surface area contributed by atoms with E-state index in [1.54, 1.807) is 16.7 Å². The number of amides is 3. The lowest BCUT2D eigenvalue weighted by Crippen LogP contribution is -2.51. The van der Waals surface area contributed by atoms with Crippen molar-refractivity contribution in [3.63, 3.8) is 0 Å². The third-order valence-corrected chi connectivity index (χ3v) is 5.42. The van der Waals surface area contributed by atoms with Crippen LogP contribution >= 0.6 is 11.8 Å². The van der Waals surface area contributed by atoms with Crippen molar-refractivity contribution < 1.29 is 14.4 Å². The second-order valence-corrected chi connectivity index (χ2v) is 6.61. The molecule has 0 aromatic carbocycles. The zero-order valence-electron chi connectivity index (χ0n) is 11.0. The van der Waals surface area contributed by atoms with Crippen LogP contribution in [0.4, 0.5) is 0 Å². The highest BCUT2D eigenvalue weighted by atomic mass is 32.2. The van der Waals surface area contributed by atoms with Gasteiger partial charge in [0.2, 0.25) is 17.7 Å². The van der Waals surface area contributed by atoms with Crippen molar-refractivity contribution in [3.05, 3.63) is 0 Å². The molecule has 3 saturated heterocycles. The molecule has 110 valence electrons. The first-order chi connectivity index (χ1) is 9.58. The van der Waals surface area contributed by atoms with E-state index in [2.05, 4.69) is 10.6 Å². The first-order valence-corrected chi connectivity index (χ1v) is 7.89. The van der Waals surface area contributed by atoms with E-state index in [9.17, 15) is 14.4 Å². The van der Waals surface area contributed by atoms with Crippen LogP contribution in [0.15, 0.2) is 0 Å². The molecule has 7 nitrogen and oxygen atoms in total. The summed E-state index contributed by atoms with van der Waals surface area (Å²) in [5, 5.41) is 5.87. The molecule has 0 radical (unpaired) electrons. The van der Waals surface area contributed by atoms with Gasteiger partial charge in [0, 0.05) is 12.2 Å². The second-order valence-electron chi connectivity index (χ2n) is 5.40. The van der Waals surface area contributed by atoms with E-state index in [-0.39, 0.29) is 23.2 Å². The van der Waals surface area contributed by atoms with Crippen molar-refractivity contribution in [3.8, 4) is 0 Å². The molecule has 20 heavy (non-hydrogen) atoms. The van der Waals surface area contributed by atoms with Gasteiger partial charge >= 0.3 is 0 Å². The first kappa shape index (κ1) is 13.7. The molecule has 0 spiro atoms. The van der Waals surface area contributed by atoms with Crippen LogP contribution in [0.1, 0.15) is 19.3 Å². The molecule has 4 atom stereocenters. The van der Waals surface area contributed by atoms with Gasteiger partial charge in [0.15, 0.2) is 0 Å². The van der Waals surface area contributed by atoms with Crippen molar-refractivity contribution in [1.29, 1.82) is 0 Å². The number of nitrogens with zero attached hydrogens (tertiary/aromatic N) is 1. The van der Waals surface area contributed by atoms with E-state index in [1.165, 1.54) is 0 Å². The number of primary amides is 1. The average molecular weight is 298 g/mol. The zero-order chi connectivity index (χ0) is 14.3. The van der Waals surface area contributed by atoms with Gasteiger partial charge in [-0.15, -0.1) is 11.8 Å². The minimum Gasteiger partial charge on any atom is -0.368 e. The normalized spacial score (nSPS) is 36.2. The van der Waals surface area contributed by atoms with Crippen LogP contribution in [-0.4, -0.2) is 58.4 Å². The van der Waals surface area contributed by atoms with Crippen molar-refractivity contribution in [1.82, 2.24) is 15.5 Å². The molecule has 0 aromatic heterocycles. The predicted octanol–water partition coefficient (Wildman–Crippen LogP) is -1.62. The maximum atomic E-state index is 12.3. The van der Waals surface area contributed by atoms with Gasteiger partial charge in [-0.1, -0.05) is 0 Å². The van der Waals surface area contributed by atoms with E-state index in [0.29, 0.717) is 12.2 Å². The highest BCUT2D eigenvalue weighted by Crippen LogP contribution is 2.37. The Hall–Kier alpha value is -1.28. The van der Waals surface area contributed by atoms with E-state index >= 15 is 0 Å². The minimum absolute atomic E-state index is 0.0400. The minimum atomic E-state index is -0.538. The fourth-order valence-electron chi connectivity index (χ4n) is 3.04. The standard InChI is InChI=1S/C12H18N4O3S/c13-10(17)8-5-20-9-4-7(12(19)16(8)9)15-11(18)6-2-1-3-14-6/h6-9,14H,1-5H2,(H2,13,17)(H,15,18)/t6-,7+,8-,9-/m0/s1. The van der Waals surface area contributed by atoms with Crippen LogP contribution in [0.2, 0.25) is 0 Å². The Morgan fingerprint density at radius 1 is 1.45 bits per heavy atom. The molecule has 0 saturated carbocycles. The maximum Gasteiger partial charge on any atom is 0.246 e. The molecule has 3 heterocycles. The number of rotatable bonds is 3. The molecule has 0 aliphatic carbocycles. The first-order valence-electron chi connectivity index (χ1n) is 6.85. The summed E-state index contributed by atoms with van der Waals surface area (Å²) in [6, 6.07) is -1.26. The van der Waals surface area contributed by atoms with E-state index in [4.69, 9.17) is 5.73 Å². The van der Waals surface area contributed by atoms with Gasteiger partial charge in [0.1, 0.15) is 12.1 Å². The monoisotopic (exact) mass is 298 g/mol. The van der Waals surface area contributed by atoms with Crippen LogP contribution in [0.3, 0.4) is 0 Å². The summed E-state index contributed by atoms with van der Waals surface area (Å²) >= 11 is 1.55. The molecule has 3 fully saturated rings. The summed E-state index contributed by atoms with van der Waals surface area (Å²) in [6.07, 6.45) is 2.33. The molecular weight excluding hydrogens is 280 g/mol. The van der Waals surface area contributed by atoms with Gasteiger partial charge < -0.3 is 21.3 Å². The molecular formula is C12H18N4O3S. The van der Waals surface area contributed by atoms with Crippen LogP contribution in [0.5, 0.6) is 0 Å². The molecule has 3 aliphatic rings. The van der Waals surface area contributed by atoms with Crippen molar-refractivity contribution >= 4 is 29.5 Å². The number of nitrogens with two attached hydrogens (primary N) is 1. The Labute approximate surface area is 121 Å². The average Bonchev–Trinajstić information content (AvgIpc) is 3.09. The topological polar surface area (TPSA) is 105 Å². The maximum absolute atomic E-state index is 12.3. The number of thioether (sulfide) groups is 1. The largest absolute Gasteiger partial charge is 0.368 e. The smallest absolute Gasteiger partial charge is 0.246 e. The van der Waals surface area contributed by atoms with Crippen LogP contribution in [-0.2, 0) is 14.4 Å². The molecule has 0 aromatic rings. The SMILES string of the molecule is NC(=O)[C@@H]1CS[C@H]2C[C@@H](NC(=O)[C@@H]3CCCN3)C(=O)N21. The quantitative estimate of drug-likeness (QED) is 0.581. The summed E-state index contributed by atoms with van der Waals surface area (Å²) in [4.78, 5) is 37.2. The van der Waals surface area contributed by atoms with Gasteiger partial charge in [-0.3, -0.25) is 14.4 Å². The Bertz CT molecular complexity index is 452. The fourth-order valence-corrected chi connectivity index (χ4v) is 4.51. The van der Waals surface area contributed by atoms with Gasteiger partial charge in [-0.25, -0.2) is 0 Å². The number of fused-ring (bicyclic) bond motifs is 1. The predicted molar refractivity (Wildman–Crippen MR) is 73.6 cm³/mol. The van der Waals surface area contributed by atoms with Crippen LogP contribution < -0.4 is 16.4 Å². The van der Waals surface area contributed by atoms with Gasteiger partial charge in [-0.2, -0.15) is 0 Å². The summed E-state index contributed by atoms with van der Waals surface area (Å²) in [6.45, 7) is 0.838. The highest BCUT2D eigenvalue weighted by Gasteiger charge is 2.50. The second kappa shape index (κ2) is 5.25. The van der Waals surface area contributed by atoms with Crippen molar-refractivity contribution in [2.45, 2.75) is 42.8 Å². The summed E-state index contributed by atoms with van der Waals surface area (Å²) < 4.78 is 0. The van der Waals surface area contributed by atoms with E-state index in [1.807, 2.05) is 0 Å². The molecule has 0 unspecified atom stereocenters. The van der Waals surface area contributed by atoms with Gasteiger partial charge in [0.05, 0.1) is 11.4 Å². The lowest BCUT2D eigenvalue weighted by molar-refractivity contribution is -0.137. The zero-order valence-corrected chi connectivity index (χ0v) is 11.8. The van der Waals surface area contributed by atoms with Gasteiger partial charge in [0.25, 0.3) is 0 Å². The number of nitrogens with one attached hydrogen (secondary N) is 2. The number of carbonyl (C=O) groups excluding carboxylic acids is 3.